The summed E-state index contributed by atoms with van der Waals surface area (Å²) in [5, 5.41) is 3.02. The fraction of sp³-hybridized carbons (Fsp3) is 0.667. The molecule has 0 saturated carbocycles. The summed E-state index contributed by atoms with van der Waals surface area (Å²) in [6, 6.07) is 15.9. The van der Waals surface area contributed by atoms with Crippen molar-refractivity contribution < 1.29 is 36.9 Å². The molecule has 0 saturated heterocycles. The van der Waals surface area contributed by atoms with E-state index in [-0.39, 0.29) is 37.5 Å². The van der Waals surface area contributed by atoms with Gasteiger partial charge < -0.3 is 33.9 Å². The van der Waals surface area contributed by atoms with Crippen LogP contribution in [0.2, 0.25) is 51.4 Å². The third-order valence-electron chi connectivity index (χ3n) is 8.11. The number of alkyl carbamates (subject to hydrolysis) is 1. The van der Waals surface area contributed by atoms with E-state index in [9.17, 15) is 13.2 Å². The predicted octanol–water partition coefficient (Wildman–Crippen LogP) is 7.92. The van der Waals surface area contributed by atoms with Crippen LogP contribution in [0.15, 0.2) is 53.4 Å². The van der Waals surface area contributed by atoms with E-state index in [0.29, 0.717) is 31.1 Å². The molecule has 0 aromatic heterocycles. The van der Waals surface area contributed by atoms with Gasteiger partial charge in [-0.05, 0) is 69.0 Å². The van der Waals surface area contributed by atoms with Gasteiger partial charge in [0.15, 0.2) is 6.79 Å². The number of benzene rings is 2. The van der Waals surface area contributed by atoms with Gasteiger partial charge in [-0.2, -0.15) is 4.31 Å². The van der Waals surface area contributed by atoms with Crippen molar-refractivity contribution in [1.82, 2.24) is 9.62 Å². The zero-order valence-corrected chi connectivity index (χ0v) is 37.6. The van der Waals surface area contributed by atoms with E-state index in [1.54, 1.807) is 39.0 Å². The highest BCUT2D eigenvalue weighted by atomic mass is 32.2. The number of anilines is 1. The molecule has 11 nitrogen and oxygen atoms in total. The van der Waals surface area contributed by atoms with Crippen LogP contribution >= 0.6 is 0 Å². The highest BCUT2D eigenvalue weighted by Crippen LogP contribution is 2.32. The third-order valence-corrected chi connectivity index (χ3v) is 13.3. The Balaban J connectivity index is 2.50. The van der Waals surface area contributed by atoms with Crippen LogP contribution in [0.1, 0.15) is 40.2 Å². The molecule has 53 heavy (non-hydrogen) atoms. The zero-order valence-electron chi connectivity index (χ0n) is 34.8. The Labute approximate surface area is 323 Å². The summed E-state index contributed by atoms with van der Waals surface area (Å²) in [5.74, 6) is 0.521. The maximum absolute atomic E-state index is 14.6. The number of sulfonamides is 1. The van der Waals surface area contributed by atoms with Crippen LogP contribution < -0.4 is 15.0 Å². The van der Waals surface area contributed by atoms with Crippen molar-refractivity contribution >= 4 is 38.0 Å². The van der Waals surface area contributed by atoms with Crippen molar-refractivity contribution in [3.63, 3.8) is 0 Å². The van der Waals surface area contributed by atoms with Crippen LogP contribution in [-0.2, 0) is 35.4 Å². The maximum Gasteiger partial charge on any atom is 0.407 e. The molecule has 2 aromatic rings. The Morgan fingerprint density at radius 3 is 1.96 bits per heavy atom. The van der Waals surface area contributed by atoms with Gasteiger partial charge in [-0.3, -0.25) is 0 Å². The smallest absolute Gasteiger partial charge is 0.407 e. The summed E-state index contributed by atoms with van der Waals surface area (Å²) in [7, 11) is -2.97. The van der Waals surface area contributed by atoms with Crippen molar-refractivity contribution in [2.75, 3.05) is 58.9 Å². The van der Waals surface area contributed by atoms with E-state index in [1.807, 2.05) is 63.2 Å². The molecule has 302 valence electrons. The lowest BCUT2D eigenvalue weighted by Gasteiger charge is -2.34. The molecule has 1 amide bonds. The number of carbonyl (C=O) groups excluding carboxylic acids is 1. The van der Waals surface area contributed by atoms with Crippen LogP contribution in [0.3, 0.4) is 0 Å². The summed E-state index contributed by atoms with van der Waals surface area (Å²) in [6.07, 6.45) is -1.01. The van der Waals surface area contributed by atoms with Crippen LogP contribution in [0.4, 0.5) is 10.5 Å². The minimum Gasteiger partial charge on any atom is -0.465 e. The molecule has 0 spiro atoms. The summed E-state index contributed by atoms with van der Waals surface area (Å²) in [4.78, 5) is 15.2. The van der Waals surface area contributed by atoms with Crippen LogP contribution in [0, 0.1) is 5.92 Å². The highest BCUT2D eigenvalue weighted by Gasteiger charge is 2.34. The number of amides is 1. The Morgan fingerprint density at radius 1 is 0.849 bits per heavy atom. The summed E-state index contributed by atoms with van der Waals surface area (Å²) < 4.78 is 60.4. The van der Waals surface area contributed by atoms with Gasteiger partial charge in [-0.15, -0.1) is 0 Å². The van der Waals surface area contributed by atoms with E-state index in [2.05, 4.69) is 44.6 Å². The predicted molar refractivity (Wildman–Crippen MR) is 221 cm³/mol. The first-order valence-corrected chi connectivity index (χ1v) is 27.6. The zero-order chi connectivity index (χ0) is 40.0. The summed E-state index contributed by atoms with van der Waals surface area (Å²) in [6.45, 7) is 24.4. The number of hydrogen-bond donors (Lipinski definition) is 1. The van der Waals surface area contributed by atoms with Gasteiger partial charge in [0.1, 0.15) is 18.1 Å². The quantitative estimate of drug-likeness (QED) is 0.0681. The number of hydrogen-bond acceptors (Lipinski definition) is 9. The van der Waals surface area contributed by atoms with Gasteiger partial charge in [-0.25, -0.2) is 13.2 Å². The Kier molecular flexibility index (Phi) is 18.5. The maximum atomic E-state index is 14.6. The van der Waals surface area contributed by atoms with E-state index in [1.165, 1.54) is 4.31 Å². The number of nitrogens with one attached hydrogen (secondary N) is 1. The first-order chi connectivity index (χ1) is 24.5. The molecular formula is C39H69N3O8SSi2. The average Bonchev–Trinajstić information content (AvgIpc) is 3.01. The topological polar surface area (TPSA) is 116 Å². The lowest BCUT2D eigenvalue weighted by atomic mass is 10.0. The van der Waals surface area contributed by atoms with E-state index in [4.69, 9.17) is 23.7 Å². The lowest BCUT2D eigenvalue weighted by molar-refractivity contribution is -0.100. The molecule has 0 aliphatic rings. The molecule has 0 bridgehead atoms. The van der Waals surface area contributed by atoms with Crippen LogP contribution in [-0.4, -0.2) is 107 Å². The first-order valence-electron chi connectivity index (χ1n) is 18.7. The third kappa shape index (κ3) is 18.6. The molecule has 0 radical (unpaired) electrons. The number of rotatable bonds is 23. The van der Waals surface area contributed by atoms with Crippen molar-refractivity contribution in [3.05, 3.63) is 54.1 Å². The first kappa shape index (κ1) is 46.7. The van der Waals surface area contributed by atoms with Gasteiger partial charge in [0.2, 0.25) is 10.0 Å². The van der Waals surface area contributed by atoms with Crippen molar-refractivity contribution in [2.45, 2.75) is 115 Å². The molecule has 2 aromatic carbocycles. The van der Waals surface area contributed by atoms with Gasteiger partial charge in [-0.1, -0.05) is 83.5 Å². The Morgan fingerprint density at radius 2 is 1.43 bits per heavy atom. The van der Waals surface area contributed by atoms with E-state index < -0.39 is 50.0 Å². The van der Waals surface area contributed by atoms with Gasteiger partial charge in [0.05, 0.1) is 22.7 Å². The number of ether oxygens (including phenoxy) is 5. The van der Waals surface area contributed by atoms with Crippen molar-refractivity contribution in [2.24, 2.45) is 5.92 Å². The normalized spacial score (nSPS) is 13.9. The summed E-state index contributed by atoms with van der Waals surface area (Å²) >= 11 is 0. The molecule has 1 N–H and O–H groups in total. The number of nitrogens with zero attached hydrogens (tertiary/aromatic N) is 2. The molecule has 0 fully saturated rings. The fourth-order valence-corrected chi connectivity index (χ4v) is 8.32. The second-order valence-electron chi connectivity index (χ2n) is 17.7. The molecule has 0 aliphatic carbocycles. The van der Waals surface area contributed by atoms with Crippen molar-refractivity contribution in [1.29, 1.82) is 0 Å². The number of carbonyl (C=O) groups is 1. The largest absolute Gasteiger partial charge is 0.465 e. The standard InChI is InChI=1S/C39H69N3O8SSi2/c1-31(2)27-42(51(44,45)33-19-20-36(35(26-33)41(6)7)48-29-46-21-23-52(8,9)10)28-37(49-30-47-22-24-53(11,12)13)34(25-32-17-15-14-16-18-32)40-38(43)50-39(3,4)5/h14-20,26,31,34,37H,21-25,27-30H2,1-13H3,(H,40,43)/t34-,37+/m0/s1. The van der Waals surface area contributed by atoms with Gasteiger partial charge >= 0.3 is 6.09 Å². The van der Waals surface area contributed by atoms with Gasteiger partial charge in [0.25, 0.3) is 0 Å². The molecule has 2 rings (SSSR count). The van der Waals surface area contributed by atoms with E-state index in [0.717, 1.165) is 17.7 Å². The average molecular weight is 796 g/mol. The lowest BCUT2D eigenvalue weighted by Crippen LogP contribution is -2.53. The molecule has 0 heterocycles. The SMILES string of the molecule is CC(C)CN(C[C@@H](OCOCC[Si](C)(C)C)[C@H](Cc1ccccc1)NC(=O)OC(C)(C)C)S(=O)(=O)c1ccc(OCOCC[Si](C)(C)C)c(N(C)C)c1. The Bertz CT molecular complexity index is 1490. The Hall–Kier alpha value is -2.47. The highest BCUT2D eigenvalue weighted by molar-refractivity contribution is 7.89. The molecule has 0 aliphatic heterocycles. The molecule has 0 unspecified atom stereocenters. The molecule has 2 atom stereocenters. The molecule has 14 heteroatoms. The second kappa shape index (κ2) is 21.0. The van der Waals surface area contributed by atoms with E-state index >= 15 is 0 Å². The van der Waals surface area contributed by atoms with Crippen LogP contribution in [0.25, 0.3) is 0 Å². The fourth-order valence-electron chi connectivity index (χ4n) is 5.17. The van der Waals surface area contributed by atoms with Crippen molar-refractivity contribution in [3.8, 4) is 5.75 Å². The minimum atomic E-state index is -4.06. The monoisotopic (exact) mass is 795 g/mol. The van der Waals surface area contributed by atoms with Crippen LogP contribution in [0.5, 0.6) is 5.75 Å². The summed E-state index contributed by atoms with van der Waals surface area (Å²) in [5.41, 5.74) is 0.836. The van der Waals surface area contributed by atoms with Gasteiger partial charge in [0, 0.05) is 56.5 Å². The molecular weight excluding hydrogens is 727 g/mol. The minimum absolute atomic E-state index is 0.00552. The second-order valence-corrected chi connectivity index (χ2v) is 30.9.